The van der Waals surface area contributed by atoms with Gasteiger partial charge in [-0.05, 0) is 30.2 Å². The maximum atomic E-state index is 5.96. The van der Waals surface area contributed by atoms with E-state index in [-0.39, 0.29) is 0 Å². The fraction of sp³-hybridized carbons (Fsp3) is 0.600. The Morgan fingerprint density at radius 3 is 2.44 bits per heavy atom. The Kier molecular flexibility index (Phi) is 5.03. The Hall–Kier alpha value is -1.22. The van der Waals surface area contributed by atoms with Crippen molar-refractivity contribution in [3.8, 4) is 0 Å². The molecule has 0 aromatic heterocycles. The van der Waals surface area contributed by atoms with Gasteiger partial charge < -0.3 is 16.0 Å². The Bertz CT molecular complexity index is 383. The smallest absolute Gasteiger partial charge is 0.0805 e. The Balaban J connectivity index is 2.48. The molecule has 0 saturated heterocycles. The lowest BCUT2D eigenvalue weighted by Gasteiger charge is -2.31. The summed E-state index contributed by atoms with van der Waals surface area (Å²) in [4.78, 5) is 0. The third-order valence-electron chi connectivity index (χ3n) is 3.24. The van der Waals surface area contributed by atoms with Gasteiger partial charge in [-0.2, -0.15) is 0 Å². The van der Waals surface area contributed by atoms with Crippen LogP contribution in [-0.4, -0.2) is 31.7 Å². The maximum absolute atomic E-state index is 5.96. The van der Waals surface area contributed by atoms with Crippen LogP contribution in [0.4, 0.5) is 11.4 Å². The molecule has 4 N–H and O–H groups in total. The molecule has 1 rings (SSSR count). The van der Waals surface area contributed by atoms with Gasteiger partial charge in [-0.15, -0.1) is 0 Å². The van der Waals surface area contributed by atoms with Crippen LogP contribution in [-0.2, 0) is 6.42 Å². The van der Waals surface area contributed by atoms with Crippen LogP contribution < -0.4 is 11.5 Å². The molecular formula is C15H28N3+. The van der Waals surface area contributed by atoms with E-state index in [0.717, 1.165) is 34.6 Å². The summed E-state index contributed by atoms with van der Waals surface area (Å²) >= 11 is 0. The molecule has 1 aromatic carbocycles. The lowest BCUT2D eigenvalue weighted by molar-refractivity contribution is -0.893. The zero-order valence-electron chi connectivity index (χ0n) is 12.2. The van der Waals surface area contributed by atoms with Crippen molar-refractivity contribution in [1.82, 2.24) is 0 Å². The number of nitrogens with two attached hydrogens (primary N) is 2. The molecule has 3 nitrogen and oxygen atoms in total. The SMILES string of the molecule is CC(C)C[N+](C)(C)CCCc1cc(N)ccc1N. The molecule has 0 heterocycles. The van der Waals surface area contributed by atoms with Gasteiger partial charge in [-0.3, -0.25) is 0 Å². The second kappa shape index (κ2) is 6.10. The summed E-state index contributed by atoms with van der Waals surface area (Å²) in [5.74, 6) is 0.734. The van der Waals surface area contributed by atoms with Crippen LogP contribution in [0.15, 0.2) is 18.2 Å². The van der Waals surface area contributed by atoms with E-state index in [0.29, 0.717) is 0 Å². The lowest BCUT2D eigenvalue weighted by atomic mass is 10.1. The largest absolute Gasteiger partial charge is 0.399 e. The van der Waals surface area contributed by atoms with Gasteiger partial charge in [-0.1, -0.05) is 13.8 Å². The molecule has 0 aliphatic carbocycles. The Morgan fingerprint density at radius 2 is 1.83 bits per heavy atom. The molecule has 0 aliphatic heterocycles. The predicted molar refractivity (Wildman–Crippen MR) is 80.3 cm³/mol. The van der Waals surface area contributed by atoms with E-state index in [1.54, 1.807) is 0 Å². The van der Waals surface area contributed by atoms with E-state index in [1.807, 2.05) is 18.2 Å². The van der Waals surface area contributed by atoms with Crippen molar-refractivity contribution in [2.75, 3.05) is 38.7 Å². The fourth-order valence-corrected chi connectivity index (χ4v) is 2.62. The summed E-state index contributed by atoms with van der Waals surface area (Å²) in [6, 6.07) is 5.76. The zero-order valence-corrected chi connectivity index (χ0v) is 12.2. The second-order valence-corrected chi connectivity index (χ2v) is 6.30. The highest BCUT2D eigenvalue weighted by Gasteiger charge is 2.16. The average molecular weight is 250 g/mol. The van der Waals surface area contributed by atoms with Gasteiger partial charge in [0.05, 0.1) is 27.2 Å². The molecule has 3 heteroatoms. The number of quaternary nitrogens is 1. The molecule has 0 atom stereocenters. The normalized spacial score (nSPS) is 12.1. The molecule has 0 aliphatic rings. The van der Waals surface area contributed by atoms with Crippen LogP contribution in [0.25, 0.3) is 0 Å². The number of hydrogen-bond donors (Lipinski definition) is 2. The number of aryl methyl sites for hydroxylation is 1. The van der Waals surface area contributed by atoms with E-state index in [2.05, 4.69) is 27.9 Å². The topological polar surface area (TPSA) is 52.0 Å². The first-order valence-electron chi connectivity index (χ1n) is 6.76. The van der Waals surface area contributed by atoms with Crippen molar-refractivity contribution in [1.29, 1.82) is 0 Å². The van der Waals surface area contributed by atoms with Crippen molar-refractivity contribution >= 4 is 11.4 Å². The number of anilines is 2. The van der Waals surface area contributed by atoms with Crippen LogP contribution >= 0.6 is 0 Å². The minimum atomic E-state index is 0.734. The van der Waals surface area contributed by atoms with Gasteiger partial charge in [0.1, 0.15) is 0 Å². The Labute approximate surface area is 111 Å². The molecule has 0 radical (unpaired) electrons. The van der Waals surface area contributed by atoms with Crippen molar-refractivity contribution in [2.45, 2.75) is 26.7 Å². The molecule has 1 aromatic rings. The maximum Gasteiger partial charge on any atom is 0.0805 e. The summed E-state index contributed by atoms with van der Waals surface area (Å²) in [6.07, 6.45) is 2.16. The highest BCUT2D eigenvalue weighted by molar-refractivity contribution is 5.55. The van der Waals surface area contributed by atoms with Gasteiger partial charge in [-0.25, -0.2) is 0 Å². The van der Waals surface area contributed by atoms with Crippen molar-refractivity contribution < 1.29 is 4.48 Å². The van der Waals surface area contributed by atoms with Gasteiger partial charge in [0.15, 0.2) is 0 Å². The highest BCUT2D eigenvalue weighted by atomic mass is 15.3. The third kappa shape index (κ3) is 4.96. The molecule has 18 heavy (non-hydrogen) atoms. The molecular weight excluding hydrogens is 222 g/mol. The first kappa shape index (κ1) is 14.8. The quantitative estimate of drug-likeness (QED) is 0.602. The first-order valence-corrected chi connectivity index (χ1v) is 6.76. The zero-order chi connectivity index (χ0) is 13.8. The highest BCUT2D eigenvalue weighted by Crippen LogP contribution is 2.18. The lowest BCUT2D eigenvalue weighted by Crippen LogP contribution is -2.43. The predicted octanol–water partition coefficient (Wildman–Crippen LogP) is 2.52. The third-order valence-corrected chi connectivity index (χ3v) is 3.24. The standard InChI is InChI=1S/C15H28N3/c1-12(2)11-18(3,4)9-5-6-13-10-14(16)7-8-15(13)17/h7-8,10,12H,5-6,9,11,16-17H2,1-4H3/q+1. The minimum Gasteiger partial charge on any atom is -0.399 e. The molecule has 0 unspecified atom stereocenters. The van der Waals surface area contributed by atoms with Crippen molar-refractivity contribution in [3.05, 3.63) is 23.8 Å². The summed E-state index contributed by atoms with van der Waals surface area (Å²) < 4.78 is 1.07. The first-order chi connectivity index (χ1) is 8.30. The van der Waals surface area contributed by atoms with Crippen LogP contribution in [0, 0.1) is 5.92 Å². The number of rotatable bonds is 6. The summed E-state index contributed by atoms with van der Waals surface area (Å²) in [6.45, 7) is 6.94. The Morgan fingerprint density at radius 1 is 1.17 bits per heavy atom. The number of hydrogen-bond acceptors (Lipinski definition) is 2. The van der Waals surface area contributed by atoms with E-state index in [4.69, 9.17) is 11.5 Å². The van der Waals surface area contributed by atoms with Crippen LogP contribution in [0.3, 0.4) is 0 Å². The molecule has 0 saturated carbocycles. The van der Waals surface area contributed by atoms with E-state index < -0.39 is 0 Å². The van der Waals surface area contributed by atoms with Crippen LogP contribution in [0.2, 0.25) is 0 Å². The average Bonchev–Trinajstić information content (AvgIpc) is 2.21. The molecule has 0 fully saturated rings. The van der Waals surface area contributed by atoms with Crippen LogP contribution in [0.5, 0.6) is 0 Å². The van der Waals surface area contributed by atoms with Gasteiger partial charge >= 0.3 is 0 Å². The van der Waals surface area contributed by atoms with E-state index in [1.165, 1.54) is 18.7 Å². The van der Waals surface area contributed by atoms with E-state index in [9.17, 15) is 0 Å². The van der Waals surface area contributed by atoms with Gasteiger partial charge in [0.2, 0.25) is 0 Å². The molecule has 0 bridgehead atoms. The van der Waals surface area contributed by atoms with Crippen LogP contribution in [0.1, 0.15) is 25.8 Å². The van der Waals surface area contributed by atoms with Crippen molar-refractivity contribution in [3.63, 3.8) is 0 Å². The van der Waals surface area contributed by atoms with Gasteiger partial charge in [0, 0.05) is 23.7 Å². The summed E-state index contributed by atoms with van der Waals surface area (Å²) in [7, 11) is 4.59. The minimum absolute atomic E-state index is 0.734. The summed E-state index contributed by atoms with van der Waals surface area (Å²) in [5, 5.41) is 0. The number of nitrogen functional groups attached to an aromatic ring is 2. The second-order valence-electron chi connectivity index (χ2n) is 6.30. The number of benzene rings is 1. The molecule has 102 valence electrons. The van der Waals surface area contributed by atoms with Crippen molar-refractivity contribution in [2.24, 2.45) is 5.92 Å². The number of nitrogens with zero attached hydrogens (tertiary/aromatic N) is 1. The fourth-order valence-electron chi connectivity index (χ4n) is 2.62. The summed E-state index contributed by atoms with van der Waals surface area (Å²) in [5.41, 5.74) is 14.6. The molecule has 0 spiro atoms. The van der Waals surface area contributed by atoms with Gasteiger partial charge in [0.25, 0.3) is 0 Å². The monoisotopic (exact) mass is 250 g/mol. The van der Waals surface area contributed by atoms with E-state index >= 15 is 0 Å². The molecule has 0 amide bonds.